The molecule has 1 aromatic rings. The van der Waals surface area contributed by atoms with E-state index in [1.807, 2.05) is 5.43 Å². The first-order chi connectivity index (χ1) is 5.83. The van der Waals surface area contributed by atoms with Crippen molar-refractivity contribution in [1.82, 2.24) is 5.43 Å². The predicted octanol–water partition coefficient (Wildman–Crippen LogP) is 1.90. The fourth-order valence-electron chi connectivity index (χ4n) is 0.613. The molecule has 12 heavy (non-hydrogen) atoms. The number of nitrogens with one attached hydrogen (secondary N) is 1. The standard InChI is InChI=1S/C7H5FN4/c8-6-1-3-7(4-2-6)11-12-10-5-9/h1-4H,(H,10,11). The summed E-state index contributed by atoms with van der Waals surface area (Å²) in [5.41, 5.74) is 2.47. The second-order valence-electron chi connectivity index (χ2n) is 1.90. The van der Waals surface area contributed by atoms with Crippen LogP contribution in [-0.4, -0.2) is 0 Å². The van der Waals surface area contributed by atoms with E-state index in [2.05, 4.69) is 10.3 Å². The van der Waals surface area contributed by atoms with Gasteiger partial charge in [-0.05, 0) is 24.3 Å². The van der Waals surface area contributed by atoms with Crippen molar-refractivity contribution >= 4 is 5.69 Å². The van der Waals surface area contributed by atoms with Gasteiger partial charge in [-0.3, -0.25) is 0 Å². The van der Waals surface area contributed by atoms with Crippen LogP contribution in [0.5, 0.6) is 0 Å². The molecular weight excluding hydrogens is 159 g/mol. The van der Waals surface area contributed by atoms with Crippen molar-refractivity contribution in [3.05, 3.63) is 30.1 Å². The van der Waals surface area contributed by atoms with E-state index in [9.17, 15) is 4.39 Å². The van der Waals surface area contributed by atoms with Crippen molar-refractivity contribution < 1.29 is 4.39 Å². The number of hydrogen-bond acceptors (Lipinski definition) is 3. The molecule has 0 bridgehead atoms. The van der Waals surface area contributed by atoms with E-state index < -0.39 is 0 Å². The Morgan fingerprint density at radius 3 is 2.58 bits per heavy atom. The smallest absolute Gasteiger partial charge is 0.200 e. The zero-order valence-electron chi connectivity index (χ0n) is 6.03. The summed E-state index contributed by atoms with van der Waals surface area (Å²) < 4.78 is 12.3. The van der Waals surface area contributed by atoms with Crippen molar-refractivity contribution in [2.75, 3.05) is 0 Å². The Kier molecular flexibility index (Phi) is 2.73. The van der Waals surface area contributed by atoms with Crippen LogP contribution in [0.1, 0.15) is 0 Å². The highest BCUT2D eigenvalue weighted by atomic mass is 19.1. The van der Waals surface area contributed by atoms with Crippen molar-refractivity contribution in [3.63, 3.8) is 0 Å². The first-order valence-electron chi connectivity index (χ1n) is 3.13. The average Bonchev–Trinajstić information content (AvgIpc) is 2.09. The van der Waals surface area contributed by atoms with Gasteiger partial charge in [0.15, 0.2) is 6.19 Å². The third-order valence-electron chi connectivity index (χ3n) is 1.09. The lowest BCUT2D eigenvalue weighted by Gasteiger charge is -1.89. The molecule has 0 fully saturated rings. The molecule has 0 heterocycles. The summed E-state index contributed by atoms with van der Waals surface area (Å²) in [4.78, 5) is 0. The summed E-state index contributed by atoms with van der Waals surface area (Å²) in [7, 11) is 0. The highest BCUT2D eigenvalue weighted by Gasteiger charge is 1.89. The summed E-state index contributed by atoms with van der Waals surface area (Å²) in [6, 6.07) is 5.44. The second kappa shape index (κ2) is 4.03. The molecule has 0 saturated carbocycles. The first kappa shape index (κ1) is 8.14. The van der Waals surface area contributed by atoms with Gasteiger partial charge in [0, 0.05) is 0 Å². The maximum absolute atomic E-state index is 12.3. The maximum atomic E-state index is 12.3. The lowest BCUT2D eigenvalue weighted by atomic mass is 10.3. The van der Waals surface area contributed by atoms with Crippen molar-refractivity contribution in [2.45, 2.75) is 0 Å². The van der Waals surface area contributed by atoms with Crippen LogP contribution >= 0.6 is 0 Å². The highest BCUT2D eigenvalue weighted by molar-refractivity contribution is 5.35. The van der Waals surface area contributed by atoms with Crippen LogP contribution in [0.2, 0.25) is 0 Å². The molecule has 1 N–H and O–H groups in total. The zero-order chi connectivity index (χ0) is 8.81. The van der Waals surface area contributed by atoms with Crippen LogP contribution in [0.4, 0.5) is 10.1 Å². The van der Waals surface area contributed by atoms with Gasteiger partial charge in [-0.25, -0.2) is 4.39 Å². The van der Waals surface area contributed by atoms with E-state index in [4.69, 9.17) is 5.26 Å². The van der Waals surface area contributed by atoms with Crippen LogP contribution in [0.3, 0.4) is 0 Å². The Labute approximate surface area is 68.3 Å². The molecule has 5 heteroatoms. The Bertz CT molecular complexity index is 311. The van der Waals surface area contributed by atoms with E-state index in [-0.39, 0.29) is 5.82 Å². The fourth-order valence-corrected chi connectivity index (χ4v) is 0.613. The quantitative estimate of drug-likeness (QED) is 0.314. The van der Waals surface area contributed by atoms with Crippen LogP contribution in [0.15, 0.2) is 34.6 Å². The zero-order valence-corrected chi connectivity index (χ0v) is 6.03. The van der Waals surface area contributed by atoms with E-state index >= 15 is 0 Å². The molecule has 0 atom stereocenters. The van der Waals surface area contributed by atoms with Gasteiger partial charge in [0.05, 0.1) is 5.69 Å². The summed E-state index contributed by atoms with van der Waals surface area (Å²) in [5, 5.41) is 14.9. The van der Waals surface area contributed by atoms with Crippen LogP contribution < -0.4 is 5.43 Å². The molecule has 0 aliphatic rings. The predicted molar refractivity (Wildman–Crippen MR) is 39.7 cm³/mol. The molecule has 0 radical (unpaired) electrons. The third-order valence-corrected chi connectivity index (χ3v) is 1.09. The van der Waals surface area contributed by atoms with Gasteiger partial charge in [-0.15, -0.1) is 5.11 Å². The van der Waals surface area contributed by atoms with Gasteiger partial charge in [-0.1, -0.05) is 5.22 Å². The van der Waals surface area contributed by atoms with Crippen molar-refractivity contribution in [3.8, 4) is 6.19 Å². The topological polar surface area (TPSA) is 60.5 Å². The minimum atomic E-state index is -0.331. The number of nitrogens with zero attached hydrogens (tertiary/aromatic N) is 3. The largest absolute Gasteiger partial charge is 0.207 e. The van der Waals surface area contributed by atoms with E-state index in [1.54, 1.807) is 6.19 Å². The molecule has 1 aromatic carbocycles. The maximum Gasteiger partial charge on any atom is 0.200 e. The fraction of sp³-hybridized carbons (Fsp3) is 0. The lowest BCUT2D eigenvalue weighted by molar-refractivity contribution is 0.628. The summed E-state index contributed by atoms with van der Waals surface area (Å²) >= 11 is 0. The normalized spacial score (nSPS) is 9.67. The summed E-state index contributed by atoms with van der Waals surface area (Å²) in [5.74, 6) is -0.331. The third kappa shape index (κ3) is 2.34. The second-order valence-corrected chi connectivity index (χ2v) is 1.90. The number of rotatable bonds is 2. The SMILES string of the molecule is N#CNN=Nc1ccc(F)cc1. The van der Waals surface area contributed by atoms with Gasteiger partial charge in [0.25, 0.3) is 0 Å². The van der Waals surface area contributed by atoms with Gasteiger partial charge >= 0.3 is 0 Å². The van der Waals surface area contributed by atoms with Crippen LogP contribution in [-0.2, 0) is 0 Å². The summed E-state index contributed by atoms with van der Waals surface area (Å²) in [6.45, 7) is 0. The highest BCUT2D eigenvalue weighted by Crippen LogP contribution is 2.11. The molecule has 1 rings (SSSR count). The number of hydrogen-bond donors (Lipinski definition) is 1. The number of benzene rings is 1. The molecule has 0 amide bonds. The molecule has 4 nitrogen and oxygen atoms in total. The Balaban J connectivity index is 2.66. The molecule has 0 unspecified atom stereocenters. The van der Waals surface area contributed by atoms with E-state index in [0.717, 1.165) is 0 Å². The molecule has 0 aliphatic heterocycles. The van der Waals surface area contributed by atoms with E-state index in [1.165, 1.54) is 24.3 Å². The molecular formula is C7H5FN4. The molecule has 0 aliphatic carbocycles. The molecule has 0 saturated heterocycles. The van der Waals surface area contributed by atoms with Crippen molar-refractivity contribution in [2.24, 2.45) is 10.3 Å². The number of halogens is 1. The number of nitriles is 1. The van der Waals surface area contributed by atoms with Gasteiger partial charge in [-0.2, -0.15) is 10.7 Å². The average molecular weight is 164 g/mol. The molecule has 0 aromatic heterocycles. The van der Waals surface area contributed by atoms with Crippen LogP contribution in [0.25, 0.3) is 0 Å². The molecule has 60 valence electrons. The summed E-state index contributed by atoms with van der Waals surface area (Å²) in [6.07, 6.45) is 1.56. The monoisotopic (exact) mass is 164 g/mol. The Hall–Kier alpha value is -1.96. The molecule has 0 spiro atoms. The minimum Gasteiger partial charge on any atom is -0.207 e. The van der Waals surface area contributed by atoms with Crippen LogP contribution in [0, 0.1) is 17.3 Å². The van der Waals surface area contributed by atoms with E-state index in [0.29, 0.717) is 5.69 Å². The minimum absolute atomic E-state index is 0.331. The van der Waals surface area contributed by atoms with Crippen molar-refractivity contribution in [1.29, 1.82) is 5.26 Å². The Morgan fingerprint density at radius 2 is 2.00 bits per heavy atom. The van der Waals surface area contributed by atoms with Gasteiger partial charge < -0.3 is 0 Å². The lowest BCUT2D eigenvalue weighted by Crippen LogP contribution is -1.88. The first-order valence-corrected chi connectivity index (χ1v) is 3.13. The Morgan fingerprint density at radius 1 is 1.33 bits per heavy atom. The van der Waals surface area contributed by atoms with Gasteiger partial charge in [0.2, 0.25) is 0 Å². The van der Waals surface area contributed by atoms with Gasteiger partial charge in [0.1, 0.15) is 5.82 Å².